The Kier molecular flexibility index (Phi) is 2.69. The third kappa shape index (κ3) is 1.97. The molecule has 1 aromatic rings. The maximum atomic E-state index is 11.0. The first kappa shape index (κ1) is 10.8. The quantitative estimate of drug-likeness (QED) is 0.803. The van der Waals surface area contributed by atoms with Crippen LogP contribution in [0.5, 0.6) is 0 Å². The monoisotopic (exact) mass is 195 g/mol. The molecule has 0 saturated heterocycles. The first-order valence-corrected chi connectivity index (χ1v) is 4.71. The smallest absolute Gasteiger partial charge is 0.310 e. The molecule has 0 atom stereocenters. The van der Waals surface area contributed by atoms with Crippen molar-refractivity contribution in [3.63, 3.8) is 0 Å². The summed E-state index contributed by atoms with van der Waals surface area (Å²) in [6.07, 6.45) is 0. The topological polar surface area (TPSA) is 42.2 Å². The molecule has 3 heteroatoms. The lowest BCUT2D eigenvalue weighted by Crippen LogP contribution is -2.29. The number of carboxylic acid groups (broad SMARTS) is 1. The van der Waals surface area contributed by atoms with Crippen LogP contribution >= 0.6 is 0 Å². The Balaban J connectivity index is 2.94. The van der Waals surface area contributed by atoms with Crippen LogP contribution in [0.4, 0.5) is 0 Å². The van der Waals surface area contributed by atoms with E-state index >= 15 is 0 Å². The van der Waals surface area contributed by atoms with Gasteiger partial charge in [0.15, 0.2) is 0 Å². The van der Waals surface area contributed by atoms with Crippen LogP contribution in [0.3, 0.4) is 0 Å². The van der Waals surface area contributed by atoms with Crippen LogP contribution < -0.4 is 0 Å². The van der Waals surface area contributed by atoms with Gasteiger partial charge in [0, 0.05) is 17.9 Å². The number of aliphatic carboxylic acids is 1. The Hall–Kier alpha value is -1.25. The van der Waals surface area contributed by atoms with E-state index in [4.69, 9.17) is 5.11 Å². The number of rotatable bonds is 3. The summed E-state index contributed by atoms with van der Waals surface area (Å²) in [4.78, 5) is 11.0. The molecule has 3 nitrogen and oxygen atoms in total. The molecule has 0 aliphatic rings. The Morgan fingerprint density at radius 2 is 1.79 bits per heavy atom. The summed E-state index contributed by atoms with van der Waals surface area (Å²) in [6, 6.07) is 4.01. The molecule has 78 valence electrons. The fourth-order valence-electron chi connectivity index (χ4n) is 1.41. The van der Waals surface area contributed by atoms with E-state index in [1.807, 2.05) is 30.5 Å². The molecule has 0 aliphatic carbocycles. The van der Waals surface area contributed by atoms with Crippen LogP contribution in [-0.2, 0) is 11.3 Å². The van der Waals surface area contributed by atoms with Crippen LogP contribution in [0, 0.1) is 19.3 Å². The van der Waals surface area contributed by atoms with Crippen molar-refractivity contribution in [2.75, 3.05) is 0 Å². The minimum atomic E-state index is -0.759. The summed E-state index contributed by atoms with van der Waals surface area (Å²) < 4.78 is 2.04. The minimum absolute atomic E-state index is 0.521. The molecule has 0 unspecified atom stereocenters. The van der Waals surface area contributed by atoms with Gasteiger partial charge in [-0.15, -0.1) is 0 Å². The van der Waals surface area contributed by atoms with E-state index in [2.05, 4.69) is 0 Å². The number of carbonyl (C=O) groups is 1. The molecule has 1 heterocycles. The van der Waals surface area contributed by atoms with Crippen LogP contribution in [0.2, 0.25) is 0 Å². The minimum Gasteiger partial charge on any atom is -0.481 e. The van der Waals surface area contributed by atoms with Crippen LogP contribution in [-0.4, -0.2) is 15.6 Å². The lowest BCUT2D eigenvalue weighted by molar-refractivity contribution is -0.147. The Morgan fingerprint density at radius 3 is 2.14 bits per heavy atom. The Bertz CT molecular complexity index is 331. The Morgan fingerprint density at radius 1 is 1.36 bits per heavy atom. The SMILES string of the molecule is Cc1ccc(C)n1CC(C)(C)C(=O)O. The summed E-state index contributed by atoms with van der Waals surface area (Å²) >= 11 is 0. The lowest BCUT2D eigenvalue weighted by atomic mass is 9.93. The second-order valence-corrected chi connectivity index (χ2v) is 4.39. The highest BCUT2D eigenvalue weighted by Crippen LogP contribution is 2.21. The number of aryl methyl sites for hydroxylation is 2. The fraction of sp³-hybridized carbons (Fsp3) is 0.545. The third-order valence-electron chi connectivity index (χ3n) is 2.55. The van der Waals surface area contributed by atoms with Gasteiger partial charge in [0.25, 0.3) is 0 Å². The van der Waals surface area contributed by atoms with Crippen molar-refractivity contribution in [3.8, 4) is 0 Å². The molecule has 1 rings (SSSR count). The van der Waals surface area contributed by atoms with E-state index in [-0.39, 0.29) is 0 Å². The summed E-state index contributed by atoms with van der Waals surface area (Å²) in [6.45, 7) is 7.99. The standard InChI is InChI=1S/C11H17NO2/c1-8-5-6-9(2)12(8)7-11(3,4)10(13)14/h5-6H,7H2,1-4H3,(H,13,14). The van der Waals surface area contributed by atoms with Gasteiger partial charge in [0.05, 0.1) is 5.41 Å². The molecule has 0 radical (unpaired) electrons. The zero-order valence-corrected chi connectivity index (χ0v) is 9.16. The van der Waals surface area contributed by atoms with Crippen LogP contribution in [0.1, 0.15) is 25.2 Å². The summed E-state index contributed by atoms with van der Waals surface area (Å²) in [5.41, 5.74) is 1.50. The second kappa shape index (κ2) is 3.48. The summed E-state index contributed by atoms with van der Waals surface area (Å²) in [5, 5.41) is 9.01. The molecule has 0 aromatic carbocycles. The average molecular weight is 195 g/mol. The molecular formula is C11H17NO2. The van der Waals surface area contributed by atoms with Gasteiger partial charge in [-0.2, -0.15) is 0 Å². The molecule has 1 N–H and O–H groups in total. The van der Waals surface area contributed by atoms with Crippen LogP contribution in [0.15, 0.2) is 12.1 Å². The molecule has 0 amide bonds. The average Bonchev–Trinajstić information content (AvgIpc) is 2.35. The van der Waals surface area contributed by atoms with Gasteiger partial charge in [-0.1, -0.05) is 0 Å². The van der Waals surface area contributed by atoms with Crippen molar-refractivity contribution < 1.29 is 9.90 Å². The zero-order chi connectivity index (χ0) is 10.9. The van der Waals surface area contributed by atoms with Gasteiger partial charge in [-0.05, 0) is 39.8 Å². The normalized spacial score (nSPS) is 11.7. The molecule has 0 spiro atoms. The van der Waals surface area contributed by atoms with Crippen molar-refractivity contribution in [2.45, 2.75) is 34.2 Å². The van der Waals surface area contributed by atoms with Crippen LogP contribution in [0.25, 0.3) is 0 Å². The third-order valence-corrected chi connectivity index (χ3v) is 2.55. The summed E-state index contributed by atoms with van der Waals surface area (Å²) in [5.74, 6) is -0.759. The maximum absolute atomic E-state index is 11.0. The predicted molar refractivity (Wildman–Crippen MR) is 55.3 cm³/mol. The molecule has 0 fully saturated rings. The number of hydrogen-bond donors (Lipinski definition) is 1. The van der Waals surface area contributed by atoms with Crippen molar-refractivity contribution in [2.24, 2.45) is 5.41 Å². The molecule has 14 heavy (non-hydrogen) atoms. The molecule has 0 aliphatic heterocycles. The van der Waals surface area contributed by atoms with E-state index in [9.17, 15) is 4.79 Å². The maximum Gasteiger partial charge on any atom is 0.310 e. The van der Waals surface area contributed by atoms with Gasteiger partial charge >= 0.3 is 5.97 Å². The lowest BCUT2D eigenvalue weighted by Gasteiger charge is -2.22. The van der Waals surface area contributed by atoms with Gasteiger partial charge in [-0.3, -0.25) is 4.79 Å². The van der Waals surface area contributed by atoms with E-state index < -0.39 is 11.4 Å². The largest absolute Gasteiger partial charge is 0.481 e. The van der Waals surface area contributed by atoms with E-state index in [1.165, 1.54) is 0 Å². The number of hydrogen-bond acceptors (Lipinski definition) is 1. The van der Waals surface area contributed by atoms with E-state index in [0.29, 0.717) is 6.54 Å². The molecular weight excluding hydrogens is 178 g/mol. The summed E-state index contributed by atoms with van der Waals surface area (Å²) in [7, 11) is 0. The predicted octanol–water partition coefficient (Wildman–Crippen LogP) is 2.22. The van der Waals surface area contributed by atoms with E-state index in [1.54, 1.807) is 13.8 Å². The Labute approximate surface area is 84.4 Å². The van der Waals surface area contributed by atoms with Crippen molar-refractivity contribution in [3.05, 3.63) is 23.5 Å². The molecule has 0 saturated carbocycles. The van der Waals surface area contributed by atoms with Gasteiger partial charge in [-0.25, -0.2) is 0 Å². The second-order valence-electron chi connectivity index (χ2n) is 4.39. The molecule has 0 bridgehead atoms. The number of nitrogens with zero attached hydrogens (tertiary/aromatic N) is 1. The zero-order valence-electron chi connectivity index (χ0n) is 9.16. The highest BCUT2D eigenvalue weighted by Gasteiger charge is 2.28. The van der Waals surface area contributed by atoms with Crippen molar-refractivity contribution in [1.82, 2.24) is 4.57 Å². The number of aromatic nitrogens is 1. The van der Waals surface area contributed by atoms with Crippen molar-refractivity contribution in [1.29, 1.82) is 0 Å². The van der Waals surface area contributed by atoms with Gasteiger partial charge < -0.3 is 9.67 Å². The fourth-order valence-corrected chi connectivity index (χ4v) is 1.41. The number of carboxylic acids is 1. The molecule has 1 aromatic heterocycles. The first-order chi connectivity index (χ1) is 6.34. The van der Waals surface area contributed by atoms with Crippen molar-refractivity contribution >= 4 is 5.97 Å². The first-order valence-electron chi connectivity index (χ1n) is 4.71. The van der Waals surface area contributed by atoms with Gasteiger partial charge in [0.1, 0.15) is 0 Å². The highest BCUT2D eigenvalue weighted by molar-refractivity contribution is 5.73. The highest BCUT2D eigenvalue weighted by atomic mass is 16.4. The van der Waals surface area contributed by atoms with E-state index in [0.717, 1.165) is 11.4 Å². The van der Waals surface area contributed by atoms with Gasteiger partial charge in [0.2, 0.25) is 0 Å².